The normalized spacial score (nSPS) is 27.2. The quantitative estimate of drug-likeness (QED) is 0.239. The van der Waals surface area contributed by atoms with Gasteiger partial charge in [0, 0.05) is 36.2 Å². The van der Waals surface area contributed by atoms with Crippen molar-refractivity contribution in [2.24, 2.45) is 11.8 Å². The minimum absolute atomic E-state index is 0.00292. The Morgan fingerprint density at radius 2 is 1.57 bits per heavy atom. The van der Waals surface area contributed by atoms with Crippen LogP contribution >= 0.6 is 0 Å². The third-order valence-corrected chi connectivity index (χ3v) is 10.7. The number of benzene rings is 3. The predicted molar refractivity (Wildman–Crippen MR) is 172 cm³/mol. The Morgan fingerprint density at radius 1 is 0.957 bits per heavy atom. The summed E-state index contributed by atoms with van der Waals surface area (Å²) in [6.45, 7) is 5.07. The van der Waals surface area contributed by atoms with Crippen LogP contribution < -0.4 is 0 Å². The first-order valence-corrected chi connectivity index (χ1v) is 15.9. The molecule has 0 bridgehead atoms. The minimum Gasteiger partial charge on any atom is -0.508 e. The molecule has 242 valence electrons. The van der Waals surface area contributed by atoms with Crippen molar-refractivity contribution in [3.63, 3.8) is 0 Å². The third-order valence-electron chi connectivity index (χ3n) is 10.7. The van der Waals surface area contributed by atoms with E-state index in [1.165, 1.54) is 22.3 Å². The number of ketones is 3. The van der Waals surface area contributed by atoms with Crippen LogP contribution in [0.4, 0.5) is 0 Å². The van der Waals surface area contributed by atoms with E-state index in [-0.39, 0.29) is 35.3 Å². The zero-order valence-electron chi connectivity index (χ0n) is 26.2. The van der Waals surface area contributed by atoms with Gasteiger partial charge in [0.05, 0.1) is 24.4 Å². The van der Waals surface area contributed by atoms with Crippen molar-refractivity contribution in [1.29, 1.82) is 0 Å². The SMILES string of the molecule is CC(=O)C1=C(O)C2(O)C(=O)C3=C(O)c4c(ccc(CC(C)OCC5c6ccccc6-c6ccccc65)c4O)C(C)C3C(O)C2CC1=O. The molecule has 9 nitrogen and oxygen atoms in total. The highest BCUT2D eigenvalue weighted by atomic mass is 16.5. The first kappa shape index (κ1) is 31.1. The van der Waals surface area contributed by atoms with Gasteiger partial charge in [-0.3, -0.25) is 14.4 Å². The molecular weight excluding hydrogens is 600 g/mol. The molecule has 0 heterocycles. The first-order chi connectivity index (χ1) is 22.4. The first-order valence-electron chi connectivity index (χ1n) is 15.9. The lowest BCUT2D eigenvalue weighted by Crippen LogP contribution is -2.63. The fraction of sp³-hybridized carbons (Fsp3) is 0.342. The van der Waals surface area contributed by atoms with Gasteiger partial charge in [-0.2, -0.15) is 0 Å². The van der Waals surface area contributed by atoms with Crippen molar-refractivity contribution < 1.29 is 44.7 Å². The van der Waals surface area contributed by atoms with Crippen molar-refractivity contribution in [3.8, 4) is 16.9 Å². The van der Waals surface area contributed by atoms with Crippen LogP contribution in [0.3, 0.4) is 0 Å². The molecule has 0 saturated heterocycles. The summed E-state index contributed by atoms with van der Waals surface area (Å²) in [5, 5.41) is 57.1. The van der Waals surface area contributed by atoms with Gasteiger partial charge in [0.2, 0.25) is 5.78 Å². The second kappa shape index (κ2) is 11.0. The van der Waals surface area contributed by atoms with Gasteiger partial charge in [0.25, 0.3) is 0 Å². The van der Waals surface area contributed by atoms with Gasteiger partial charge in [-0.05, 0) is 53.1 Å². The number of hydrogen-bond donors (Lipinski definition) is 5. The Kier molecular flexibility index (Phi) is 7.27. The molecule has 0 spiro atoms. The van der Waals surface area contributed by atoms with Crippen molar-refractivity contribution in [3.05, 3.63) is 105 Å². The van der Waals surface area contributed by atoms with Crippen LogP contribution in [0.1, 0.15) is 66.8 Å². The lowest BCUT2D eigenvalue weighted by atomic mass is 9.55. The fourth-order valence-electron chi connectivity index (χ4n) is 8.38. The molecule has 3 aromatic rings. The molecule has 0 amide bonds. The fourth-order valence-corrected chi connectivity index (χ4v) is 8.38. The van der Waals surface area contributed by atoms with E-state index in [1.54, 1.807) is 19.1 Å². The molecule has 0 aliphatic heterocycles. The van der Waals surface area contributed by atoms with E-state index in [4.69, 9.17) is 4.74 Å². The Labute approximate surface area is 271 Å². The van der Waals surface area contributed by atoms with Gasteiger partial charge in [-0.25, -0.2) is 0 Å². The number of aliphatic hydroxyl groups excluding tert-OH is 3. The summed E-state index contributed by atoms with van der Waals surface area (Å²) >= 11 is 0. The van der Waals surface area contributed by atoms with E-state index >= 15 is 0 Å². The van der Waals surface area contributed by atoms with E-state index < -0.39 is 70.3 Å². The summed E-state index contributed by atoms with van der Waals surface area (Å²) in [4.78, 5) is 38.9. The number of phenolic OH excluding ortho intramolecular Hbond substituents is 1. The summed E-state index contributed by atoms with van der Waals surface area (Å²) in [5.41, 5.74) is 1.85. The molecule has 3 aromatic carbocycles. The molecule has 0 radical (unpaired) electrons. The minimum atomic E-state index is -2.79. The number of phenols is 1. The smallest absolute Gasteiger partial charge is 0.202 e. The average molecular weight is 637 g/mol. The molecule has 0 aromatic heterocycles. The standard InChI is InChI=1S/C38H36O9/c1-17(47-16-26-24-10-6-4-8-22(24)23-9-5-7-11-25(23)26)14-20-12-13-21-18(2)29-32(35(43)31(21)33(20)41)37(45)38(46)27(34(29)42)15-28(40)30(19(3)39)36(38)44/h4-13,17-18,26-27,29,34,41-44,46H,14-16H2,1-3H3. The summed E-state index contributed by atoms with van der Waals surface area (Å²) in [5.74, 6) is -7.77. The molecule has 6 atom stereocenters. The number of ether oxygens (including phenoxy) is 1. The van der Waals surface area contributed by atoms with Crippen LogP contribution in [-0.4, -0.2) is 67.3 Å². The lowest BCUT2D eigenvalue weighted by molar-refractivity contribution is -0.160. The molecule has 6 unspecified atom stereocenters. The van der Waals surface area contributed by atoms with E-state index in [0.717, 1.165) is 6.92 Å². The number of rotatable bonds is 6. The molecule has 47 heavy (non-hydrogen) atoms. The maximum absolute atomic E-state index is 14.0. The van der Waals surface area contributed by atoms with Crippen LogP contribution in [0, 0.1) is 11.8 Å². The number of carbonyl (C=O) groups is 3. The second-order valence-electron chi connectivity index (χ2n) is 13.3. The Bertz CT molecular complexity index is 1890. The van der Waals surface area contributed by atoms with Gasteiger partial charge >= 0.3 is 0 Å². The van der Waals surface area contributed by atoms with Gasteiger partial charge < -0.3 is 30.3 Å². The van der Waals surface area contributed by atoms with E-state index in [9.17, 15) is 39.9 Å². The Balaban J connectivity index is 1.19. The lowest BCUT2D eigenvalue weighted by Gasteiger charge is -2.50. The number of aromatic hydroxyl groups is 1. The number of aliphatic hydroxyl groups is 4. The number of hydrogen-bond acceptors (Lipinski definition) is 9. The van der Waals surface area contributed by atoms with Gasteiger partial charge in [0.15, 0.2) is 17.2 Å². The van der Waals surface area contributed by atoms with Crippen LogP contribution in [-0.2, 0) is 25.5 Å². The van der Waals surface area contributed by atoms with Crippen molar-refractivity contribution in [2.45, 2.75) is 63.3 Å². The molecule has 5 N–H and O–H groups in total. The molecule has 4 aliphatic rings. The molecule has 4 aliphatic carbocycles. The zero-order valence-corrected chi connectivity index (χ0v) is 26.2. The number of allylic oxidation sites excluding steroid dienone is 1. The summed E-state index contributed by atoms with van der Waals surface area (Å²) in [6, 6.07) is 20.0. The van der Waals surface area contributed by atoms with Gasteiger partial charge in [0.1, 0.15) is 22.8 Å². The van der Waals surface area contributed by atoms with Gasteiger partial charge in [-0.15, -0.1) is 0 Å². The molecule has 9 heteroatoms. The highest BCUT2D eigenvalue weighted by Crippen LogP contribution is 2.56. The molecule has 1 fully saturated rings. The maximum atomic E-state index is 14.0. The maximum Gasteiger partial charge on any atom is 0.202 e. The van der Waals surface area contributed by atoms with Crippen molar-refractivity contribution in [1.82, 2.24) is 0 Å². The molecule has 7 rings (SSSR count). The number of carbonyl (C=O) groups excluding carboxylic acids is 3. The van der Waals surface area contributed by atoms with Crippen LogP contribution in [0.2, 0.25) is 0 Å². The van der Waals surface area contributed by atoms with E-state index in [0.29, 0.717) is 17.7 Å². The largest absolute Gasteiger partial charge is 0.508 e. The Hall–Kier alpha value is -4.57. The monoisotopic (exact) mass is 636 g/mol. The molecular formula is C38H36O9. The topological polar surface area (TPSA) is 162 Å². The van der Waals surface area contributed by atoms with Crippen LogP contribution in [0.25, 0.3) is 16.9 Å². The average Bonchev–Trinajstić information content (AvgIpc) is 3.36. The highest BCUT2D eigenvalue weighted by molar-refractivity contribution is 6.23. The second-order valence-corrected chi connectivity index (χ2v) is 13.3. The molecule has 1 saturated carbocycles. The van der Waals surface area contributed by atoms with Crippen LogP contribution in [0.15, 0.2) is 77.6 Å². The number of Topliss-reactive ketones (excluding diaryl/α,β-unsaturated/α-hetero) is 3. The number of fused-ring (bicyclic) bond motifs is 6. The van der Waals surface area contributed by atoms with Gasteiger partial charge in [-0.1, -0.05) is 67.6 Å². The van der Waals surface area contributed by atoms with Crippen LogP contribution in [0.5, 0.6) is 5.75 Å². The summed E-state index contributed by atoms with van der Waals surface area (Å²) in [6.07, 6.45) is -2.12. The Morgan fingerprint density at radius 3 is 2.19 bits per heavy atom. The van der Waals surface area contributed by atoms with Crippen molar-refractivity contribution >= 4 is 23.1 Å². The zero-order chi connectivity index (χ0) is 33.5. The van der Waals surface area contributed by atoms with E-state index in [1.807, 2.05) is 31.2 Å². The van der Waals surface area contributed by atoms with Crippen molar-refractivity contribution in [2.75, 3.05) is 6.61 Å². The summed E-state index contributed by atoms with van der Waals surface area (Å²) < 4.78 is 6.34. The summed E-state index contributed by atoms with van der Waals surface area (Å²) in [7, 11) is 0. The predicted octanol–water partition coefficient (Wildman–Crippen LogP) is 4.82. The highest BCUT2D eigenvalue weighted by Gasteiger charge is 2.64. The van der Waals surface area contributed by atoms with E-state index in [2.05, 4.69) is 24.3 Å². The third kappa shape index (κ3) is 4.37.